The first-order valence-electron chi connectivity index (χ1n) is 10.7. The Hall–Kier alpha value is -2.82. The summed E-state index contributed by atoms with van der Waals surface area (Å²) in [6.45, 7) is 7.09. The van der Waals surface area contributed by atoms with Gasteiger partial charge in [0.2, 0.25) is 15.9 Å². The number of pyridine rings is 1. The fraction of sp³-hybridized carbons (Fsp3) is 0.391. The van der Waals surface area contributed by atoms with E-state index in [0.29, 0.717) is 24.8 Å². The van der Waals surface area contributed by atoms with Crippen molar-refractivity contribution in [3.8, 4) is 17.1 Å². The van der Waals surface area contributed by atoms with E-state index in [1.807, 2.05) is 35.0 Å². The van der Waals surface area contributed by atoms with Crippen molar-refractivity contribution >= 4 is 38.8 Å². The average molecular weight is 508 g/mol. The highest BCUT2D eigenvalue weighted by Gasteiger charge is 2.21. The van der Waals surface area contributed by atoms with Crippen LogP contribution >= 0.6 is 11.6 Å². The number of methoxy groups -OCH3 is 1. The topological polar surface area (TPSA) is 107 Å². The predicted molar refractivity (Wildman–Crippen MR) is 136 cm³/mol. The van der Waals surface area contributed by atoms with Gasteiger partial charge in [0.05, 0.1) is 23.6 Å². The summed E-state index contributed by atoms with van der Waals surface area (Å²) in [5.74, 6) is 1.18. The van der Waals surface area contributed by atoms with Crippen molar-refractivity contribution in [1.82, 2.24) is 14.8 Å². The normalized spacial score (nSPS) is 11.9. The first kappa shape index (κ1) is 25.8. The van der Waals surface area contributed by atoms with E-state index in [0.717, 1.165) is 22.8 Å². The highest BCUT2D eigenvalue weighted by molar-refractivity contribution is 7.92. The number of hydrogen-bond acceptors (Lipinski definition) is 7. The number of rotatable bonds is 11. The first-order chi connectivity index (χ1) is 16.1. The summed E-state index contributed by atoms with van der Waals surface area (Å²) in [6.07, 6.45) is 1.67. The van der Waals surface area contributed by atoms with Crippen LogP contribution in [0.15, 0.2) is 48.7 Å². The third-order valence-electron chi connectivity index (χ3n) is 4.69. The second kappa shape index (κ2) is 11.1. The van der Waals surface area contributed by atoms with Crippen LogP contribution in [0.3, 0.4) is 0 Å². The number of nitrogens with zero attached hydrogens (tertiary/aromatic N) is 3. The van der Waals surface area contributed by atoms with Gasteiger partial charge in [-0.25, -0.2) is 18.1 Å². The Kier molecular flexibility index (Phi) is 8.40. The van der Waals surface area contributed by atoms with Gasteiger partial charge in [0.1, 0.15) is 12.4 Å². The van der Waals surface area contributed by atoms with Crippen LogP contribution in [0.5, 0.6) is 5.88 Å². The number of benzene rings is 1. The fourth-order valence-electron chi connectivity index (χ4n) is 3.11. The maximum Gasteiger partial charge on any atom is 0.233 e. The number of alkyl halides is 1. The molecular weight excluding hydrogens is 478 g/mol. The minimum absolute atomic E-state index is 0.0334. The van der Waals surface area contributed by atoms with E-state index in [1.165, 1.54) is 0 Å². The molecule has 11 heteroatoms. The summed E-state index contributed by atoms with van der Waals surface area (Å²) in [5.41, 5.74) is 2.59. The van der Waals surface area contributed by atoms with Gasteiger partial charge in [0.25, 0.3) is 0 Å². The Morgan fingerprint density at radius 1 is 1.06 bits per heavy atom. The molecule has 1 aromatic carbocycles. The minimum Gasteiger partial charge on any atom is -0.475 e. The van der Waals surface area contributed by atoms with Crippen LogP contribution in [-0.4, -0.2) is 55.1 Å². The Labute approximate surface area is 205 Å². The molecule has 0 bridgehead atoms. The van der Waals surface area contributed by atoms with Crippen LogP contribution in [0.2, 0.25) is 0 Å². The van der Waals surface area contributed by atoms with Crippen molar-refractivity contribution in [2.24, 2.45) is 0 Å². The maximum absolute atomic E-state index is 11.9. The van der Waals surface area contributed by atoms with Gasteiger partial charge in [-0.05, 0) is 39.0 Å². The molecule has 0 fully saturated rings. The summed E-state index contributed by atoms with van der Waals surface area (Å²) < 4.78 is 38.9. The molecule has 2 aromatic heterocycles. The van der Waals surface area contributed by atoms with E-state index in [-0.39, 0.29) is 17.2 Å². The number of ether oxygens (including phenoxy) is 2. The standard InChI is InChI=1S/C23H30ClN5O4S/c1-23(2,3)29-21(26-19-9-11-25-22(15-19)33-13-12-32-4)16-20(27-29)17-5-7-18(8-6-17)28-34(30,31)14-10-24/h5-9,11,15-16,28H,10,12-14H2,1-4H3,(H,25,26). The van der Waals surface area contributed by atoms with E-state index in [9.17, 15) is 8.42 Å². The molecule has 0 unspecified atom stereocenters. The van der Waals surface area contributed by atoms with Crippen molar-refractivity contribution in [2.45, 2.75) is 26.3 Å². The number of hydrogen-bond donors (Lipinski definition) is 2. The molecule has 0 radical (unpaired) electrons. The van der Waals surface area contributed by atoms with Crippen molar-refractivity contribution in [3.63, 3.8) is 0 Å². The van der Waals surface area contributed by atoms with Gasteiger partial charge >= 0.3 is 0 Å². The monoisotopic (exact) mass is 507 g/mol. The van der Waals surface area contributed by atoms with Crippen LogP contribution in [0, 0.1) is 0 Å². The molecule has 3 aromatic rings. The zero-order chi connectivity index (χ0) is 24.8. The zero-order valence-electron chi connectivity index (χ0n) is 19.7. The fourth-order valence-corrected chi connectivity index (χ4v) is 4.52. The molecule has 0 aliphatic carbocycles. The first-order valence-corrected chi connectivity index (χ1v) is 12.9. The smallest absolute Gasteiger partial charge is 0.233 e. The number of nitrogens with one attached hydrogen (secondary N) is 2. The van der Waals surface area contributed by atoms with Gasteiger partial charge in [-0.2, -0.15) is 5.10 Å². The summed E-state index contributed by atoms with van der Waals surface area (Å²) in [4.78, 5) is 4.23. The second-order valence-electron chi connectivity index (χ2n) is 8.53. The van der Waals surface area contributed by atoms with Crippen LogP contribution < -0.4 is 14.8 Å². The van der Waals surface area contributed by atoms with Gasteiger partial charge in [-0.1, -0.05) is 12.1 Å². The molecule has 0 atom stereocenters. The average Bonchev–Trinajstić information content (AvgIpc) is 3.19. The lowest BCUT2D eigenvalue weighted by molar-refractivity contribution is 0.144. The zero-order valence-corrected chi connectivity index (χ0v) is 21.3. The number of sulfonamides is 1. The van der Waals surface area contributed by atoms with Gasteiger partial charge < -0.3 is 14.8 Å². The van der Waals surface area contributed by atoms with Crippen molar-refractivity contribution in [3.05, 3.63) is 48.7 Å². The molecule has 0 aliphatic rings. The molecule has 9 nitrogen and oxygen atoms in total. The van der Waals surface area contributed by atoms with Crippen LogP contribution in [0.1, 0.15) is 20.8 Å². The largest absolute Gasteiger partial charge is 0.475 e. The van der Waals surface area contributed by atoms with Gasteiger partial charge in [-0.3, -0.25) is 4.72 Å². The van der Waals surface area contributed by atoms with E-state index in [4.69, 9.17) is 26.2 Å². The Morgan fingerprint density at radius 2 is 1.79 bits per heavy atom. The van der Waals surface area contributed by atoms with Crippen LogP contribution in [0.4, 0.5) is 17.2 Å². The van der Waals surface area contributed by atoms with E-state index >= 15 is 0 Å². The summed E-state index contributed by atoms with van der Waals surface area (Å²) in [7, 11) is -1.85. The van der Waals surface area contributed by atoms with Gasteiger partial charge in [0, 0.05) is 48.3 Å². The molecule has 34 heavy (non-hydrogen) atoms. The lowest BCUT2D eigenvalue weighted by atomic mass is 10.1. The molecule has 0 saturated carbocycles. The van der Waals surface area contributed by atoms with Crippen molar-refractivity contribution in [2.75, 3.05) is 42.0 Å². The minimum atomic E-state index is -3.46. The highest BCUT2D eigenvalue weighted by Crippen LogP contribution is 2.30. The predicted octanol–water partition coefficient (Wildman–Crippen LogP) is 4.45. The molecule has 2 N–H and O–H groups in total. The maximum atomic E-state index is 11.9. The van der Waals surface area contributed by atoms with Crippen molar-refractivity contribution in [1.29, 1.82) is 0 Å². The van der Waals surface area contributed by atoms with Crippen LogP contribution in [0.25, 0.3) is 11.3 Å². The third kappa shape index (κ3) is 7.09. The van der Waals surface area contributed by atoms with E-state index < -0.39 is 10.0 Å². The molecule has 2 heterocycles. The van der Waals surface area contributed by atoms with Crippen LogP contribution in [-0.2, 0) is 20.3 Å². The quantitative estimate of drug-likeness (QED) is 0.291. The summed E-state index contributed by atoms with van der Waals surface area (Å²) >= 11 is 5.56. The molecular formula is C23H30ClN5O4S. The lowest BCUT2D eigenvalue weighted by Gasteiger charge is -2.22. The Balaban J connectivity index is 1.84. The van der Waals surface area contributed by atoms with Gasteiger partial charge in [-0.15, -0.1) is 11.6 Å². The second-order valence-corrected chi connectivity index (χ2v) is 10.8. The highest BCUT2D eigenvalue weighted by atomic mass is 35.5. The third-order valence-corrected chi connectivity index (χ3v) is 6.39. The number of aromatic nitrogens is 3. The Morgan fingerprint density at radius 3 is 2.44 bits per heavy atom. The Bertz CT molecular complexity index is 1190. The molecule has 3 rings (SSSR count). The van der Waals surface area contributed by atoms with E-state index in [1.54, 1.807) is 25.4 Å². The van der Waals surface area contributed by atoms with Gasteiger partial charge in [0.15, 0.2) is 0 Å². The molecule has 0 aliphatic heterocycles. The molecule has 0 saturated heterocycles. The van der Waals surface area contributed by atoms with Crippen molar-refractivity contribution < 1.29 is 17.9 Å². The molecule has 0 amide bonds. The van der Waals surface area contributed by atoms with E-state index in [2.05, 4.69) is 35.8 Å². The lowest BCUT2D eigenvalue weighted by Crippen LogP contribution is -2.24. The molecule has 184 valence electrons. The number of halogens is 1. The molecule has 0 spiro atoms. The number of anilines is 3. The SMILES string of the molecule is COCCOc1cc(Nc2cc(-c3ccc(NS(=O)(=O)CCCl)cc3)nn2C(C)(C)C)ccn1. The summed E-state index contributed by atoms with van der Waals surface area (Å²) in [5, 5.41) is 8.20. The summed E-state index contributed by atoms with van der Waals surface area (Å²) in [6, 6.07) is 12.7.